The van der Waals surface area contributed by atoms with E-state index in [2.05, 4.69) is 18.4 Å². The quantitative estimate of drug-likeness (QED) is 0.721. The molecule has 1 saturated heterocycles. The summed E-state index contributed by atoms with van der Waals surface area (Å²) in [6.07, 6.45) is 8.23. The Balaban J connectivity index is 2.10. The molecule has 2 rings (SSSR count). The maximum absolute atomic E-state index is 6.00. The third kappa shape index (κ3) is 2.92. The van der Waals surface area contributed by atoms with Gasteiger partial charge in [-0.2, -0.15) is 0 Å². The number of fused-ring (bicyclic) bond motifs is 1. The van der Waals surface area contributed by atoms with Gasteiger partial charge in [-0.1, -0.05) is 39.5 Å². The van der Waals surface area contributed by atoms with Crippen molar-refractivity contribution in [3.8, 4) is 0 Å². The molecule has 19 heavy (non-hydrogen) atoms. The molecule has 0 N–H and O–H groups in total. The van der Waals surface area contributed by atoms with Crippen molar-refractivity contribution in [2.75, 3.05) is 27.3 Å². The second kappa shape index (κ2) is 6.70. The molecule has 0 spiro atoms. The van der Waals surface area contributed by atoms with Gasteiger partial charge in [0.2, 0.25) is 0 Å². The van der Waals surface area contributed by atoms with Gasteiger partial charge >= 0.3 is 8.72 Å². The van der Waals surface area contributed by atoms with Crippen LogP contribution in [0.4, 0.5) is 0 Å². The predicted molar refractivity (Wildman–Crippen MR) is 81.1 cm³/mol. The lowest BCUT2D eigenvalue weighted by Crippen LogP contribution is -2.63. The van der Waals surface area contributed by atoms with E-state index in [9.17, 15) is 0 Å². The Morgan fingerprint density at radius 2 is 1.74 bits per heavy atom. The van der Waals surface area contributed by atoms with Crippen LogP contribution in [0.5, 0.6) is 0 Å². The number of piperidine rings is 1. The Labute approximate surface area is 120 Å². The molecule has 1 heterocycles. The second-order valence-corrected chi connectivity index (χ2v) is 10.1. The standard InChI is InChI=1S/C15H31NO2Si/c1-5-13(2)19(17-3,18-4)16-11-10-14-8-6-7-9-15(14)12-16/h13-15H,5-12H2,1-4H3. The zero-order valence-corrected chi connectivity index (χ0v) is 14.2. The second-order valence-electron chi connectivity index (χ2n) is 6.39. The summed E-state index contributed by atoms with van der Waals surface area (Å²) in [6, 6.07) is 0. The van der Waals surface area contributed by atoms with Gasteiger partial charge in [-0.25, -0.2) is 0 Å². The lowest BCUT2D eigenvalue weighted by molar-refractivity contribution is 0.0752. The molecule has 0 amide bonds. The van der Waals surface area contributed by atoms with Crippen LogP contribution in [0.2, 0.25) is 5.54 Å². The maximum atomic E-state index is 6.00. The van der Waals surface area contributed by atoms with E-state index in [4.69, 9.17) is 8.85 Å². The first-order valence-corrected chi connectivity index (χ1v) is 9.87. The minimum absolute atomic E-state index is 0.530. The van der Waals surface area contributed by atoms with Crippen molar-refractivity contribution in [3.05, 3.63) is 0 Å². The largest absolute Gasteiger partial charge is 0.430 e. The summed E-state index contributed by atoms with van der Waals surface area (Å²) >= 11 is 0. The van der Waals surface area contributed by atoms with E-state index in [1.807, 2.05) is 14.2 Å². The average Bonchev–Trinajstić information content (AvgIpc) is 2.48. The van der Waals surface area contributed by atoms with E-state index >= 15 is 0 Å². The van der Waals surface area contributed by atoms with E-state index in [1.54, 1.807) is 0 Å². The summed E-state index contributed by atoms with van der Waals surface area (Å²) in [4.78, 5) is 0. The van der Waals surface area contributed by atoms with Gasteiger partial charge in [0.1, 0.15) is 0 Å². The Morgan fingerprint density at radius 3 is 2.32 bits per heavy atom. The van der Waals surface area contributed by atoms with Gasteiger partial charge in [-0.05, 0) is 37.8 Å². The lowest BCUT2D eigenvalue weighted by Gasteiger charge is -2.48. The van der Waals surface area contributed by atoms with Crippen molar-refractivity contribution in [1.29, 1.82) is 0 Å². The van der Waals surface area contributed by atoms with Gasteiger partial charge in [0.25, 0.3) is 0 Å². The van der Waals surface area contributed by atoms with Crippen LogP contribution in [0.1, 0.15) is 52.4 Å². The first-order valence-electron chi connectivity index (χ1n) is 8.03. The van der Waals surface area contributed by atoms with Crippen LogP contribution < -0.4 is 0 Å². The Hall–Kier alpha value is 0.0969. The van der Waals surface area contributed by atoms with E-state index in [-0.39, 0.29) is 0 Å². The summed E-state index contributed by atoms with van der Waals surface area (Å²) in [5.41, 5.74) is 0.530. The average molecular weight is 286 g/mol. The van der Waals surface area contributed by atoms with E-state index in [0.717, 1.165) is 18.3 Å². The lowest BCUT2D eigenvalue weighted by atomic mass is 9.76. The fraction of sp³-hybridized carbons (Fsp3) is 1.00. The molecule has 2 fully saturated rings. The first-order chi connectivity index (χ1) is 9.17. The highest BCUT2D eigenvalue weighted by molar-refractivity contribution is 6.66. The van der Waals surface area contributed by atoms with Gasteiger partial charge in [0, 0.05) is 19.8 Å². The highest BCUT2D eigenvalue weighted by Crippen LogP contribution is 2.40. The molecule has 4 heteroatoms. The van der Waals surface area contributed by atoms with E-state index in [0.29, 0.717) is 5.54 Å². The Kier molecular flexibility index (Phi) is 5.46. The molecule has 2 aliphatic rings. The third-order valence-corrected chi connectivity index (χ3v) is 9.66. The summed E-state index contributed by atoms with van der Waals surface area (Å²) in [6.45, 7) is 6.94. The molecule has 3 nitrogen and oxygen atoms in total. The zero-order valence-electron chi connectivity index (χ0n) is 13.2. The third-order valence-electron chi connectivity index (χ3n) is 5.55. The summed E-state index contributed by atoms with van der Waals surface area (Å²) in [7, 11) is 1.52. The van der Waals surface area contributed by atoms with Crippen LogP contribution in [0, 0.1) is 11.8 Å². The minimum atomic E-state index is -2.19. The Morgan fingerprint density at radius 1 is 1.11 bits per heavy atom. The smallest absolute Gasteiger partial charge is 0.386 e. The zero-order chi connectivity index (χ0) is 13.9. The van der Waals surface area contributed by atoms with Gasteiger partial charge in [0.15, 0.2) is 0 Å². The highest BCUT2D eigenvalue weighted by atomic mass is 28.4. The minimum Gasteiger partial charge on any atom is -0.386 e. The normalized spacial score (nSPS) is 30.9. The van der Waals surface area contributed by atoms with E-state index in [1.165, 1.54) is 45.2 Å². The van der Waals surface area contributed by atoms with Crippen LogP contribution in [0.15, 0.2) is 0 Å². The van der Waals surface area contributed by atoms with Crippen molar-refractivity contribution >= 4 is 8.72 Å². The molecule has 0 radical (unpaired) electrons. The number of hydrogen-bond acceptors (Lipinski definition) is 3. The SMILES string of the molecule is CCC(C)[Si](OC)(OC)N1CCC2CCCCC2C1. The van der Waals surface area contributed by atoms with Gasteiger partial charge < -0.3 is 8.85 Å². The van der Waals surface area contributed by atoms with Crippen LogP contribution in [-0.4, -0.2) is 40.6 Å². The van der Waals surface area contributed by atoms with E-state index < -0.39 is 8.72 Å². The Bertz CT molecular complexity index is 283. The van der Waals surface area contributed by atoms with Crippen LogP contribution >= 0.6 is 0 Å². The summed E-state index contributed by atoms with van der Waals surface area (Å²) in [5, 5.41) is 0. The maximum Gasteiger partial charge on any atom is 0.430 e. The fourth-order valence-electron chi connectivity index (χ4n) is 4.20. The molecule has 0 aromatic carbocycles. The van der Waals surface area contributed by atoms with Crippen molar-refractivity contribution in [1.82, 2.24) is 4.57 Å². The van der Waals surface area contributed by atoms with Gasteiger partial charge in [0.05, 0.1) is 0 Å². The molecule has 3 unspecified atom stereocenters. The molecule has 1 aliphatic heterocycles. The molecule has 0 aromatic rings. The van der Waals surface area contributed by atoms with Crippen molar-refractivity contribution in [2.45, 2.75) is 57.9 Å². The summed E-state index contributed by atoms with van der Waals surface area (Å²) in [5.74, 6) is 1.87. The topological polar surface area (TPSA) is 21.7 Å². The van der Waals surface area contributed by atoms with Crippen molar-refractivity contribution in [3.63, 3.8) is 0 Å². The van der Waals surface area contributed by atoms with Crippen molar-refractivity contribution in [2.24, 2.45) is 11.8 Å². The molecule has 1 saturated carbocycles. The molecular formula is C15H31NO2Si. The number of nitrogens with zero attached hydrogens (tertiary/aromatic N) is 1. The monoisotopic (exact) mass is 285 g/mol. The molecule has 0 bridgehead atoms. The number of hydrogen-bond donors (Lipinski definition) is 0. The fourth-order valence-corrected chi connectivity index (χ4v) is 7.75. The predicted octanol–water partition coefficient (Wildman–Crippen LogP) is 3.53. The highest BCUT2D eigenvalue weighted by Gasteiger charge is 2.50. The van der Waals surface area contributed by atoms with Gasteiger partial charge in [-0.15, -0.1) is 0 Å². The molecule has 1 aliphatic carbocycles. The van der Waals surface area contributed by atoms with Gasteiger partial charge in [-0.3, -0.25) is 4.57 Å². The molecule has 3 atom stereocenters. The molecular weight excluding hydrogens is 254 g/mol. The summed E-state index contributed by atoms with van der Waals surface area (Å²) < 4.78 is 14.6. The number of rotatable bonds is 5. The first kappa shape index (κ1) is 15.5. The van der Waals surface area contributed by atoms with Crippen LogP contribution in [-0.2, 0) is 8.85 Å². The molecule has 0 aromatic heterocycles. The van der Waals surface area contributed by atoms with Crippen LogP contribution in [0.3, 0.4) is 0 Å². The van der Waals surface area contributed by atoms with Crippen molar-refractivity contribution < 1.29 is 8.85 Å². The van der Waals surface area contributed by atoms with Crippen LogP contribution in [0.25, 0.3) is 0 Å². The molecule has 112 valence electrons.